The van der Waals surface area contributed by atoms with Gasteiger partial charge in [-0.15, -0.1) is 0 Å². The average molecular weight is 340 g/mol. The normalized spacial score (nSPS) is 26.1. The van der Waals surface area contributed by atoms with Gasteiger partial charge in [0.25, 0.3) is 0 Å². The van der Waals surface area contributed by atoms with Crippen LogP contribution in [0.2, 0.25) is 0 Å². The summed E-state index contributed by atoms with van der Waals surface area (Å²) in [7, 11) is 0. The summed E-state index contributed by atoms with van der Waals surface area (Å²) in [5, 5.41) is 20.1. The van der Waals surface area contributed by atoms with E-state index in [0.29, 0.717) is 34.6 Å². The van der Waals surface area contributed by atoms with Crippen LogP contribution in [0.25, 0.3) is 0 Å². The number of aliphatic hydroxyl groups excluding tert-OH is 1. The van der Waals surface area contributed by atoms with E-state index in [4.69, 9.17) is 14.2 Å². The molecular weight excluding hydrogens is 326 g/mol. The summed E-state index contributed by atoms with van der Waals surface area (Å²) in [4.78, 5) is 0. The Morgan fingerprint density at radius 1 is 1.40 bits per heavy atom. The second kappa shape index (κ2) is 5.24. The van der Waals surface area contributed by atoms with Gasteiger partial charge in [-0.05, 0) is 46.5 Å². The first kappa shape index (κ1) is 13.7. The van der Waals surface area contributed by atoms with Gasteiger partial charge in [-0.25, -0.2) is 0 Å². The first-order valence-electron chi connectivity index (χ1n) is 6.42. The Morgan fingerprint density at radius 2 is 2.25 bits per heavy atom. The Morgan fingerprint density at radius 3 is 2.95 bits per heavy atom. The van der Waals surface area contributed by atoms with Crippen LogP contribution in [0.3, 0.4) is 0 Å². The Bertz CT molecular complexity index is 563. The molecule has 5 nitrogen and oxygen atoms in total. The van der Waals surface area contributed by atoms with E-state index in [1.165, 1.54) is 0 Å². The predicted octanol–water partition coefficient (Wildman–Crippen LogP) is 2.53. The summed E-state index contributed by atoms with van der Waals surface area (Å²) in [6, 6.07) is 5.74. The van der Waals surface area contributed by atoms with E-state index in [9.17, 15) is 10.4 Å². The number of ether oxygens (including phenoxy) is 3. The van der Waals surface area contributed by atoms with E-state index in [1.807, 2.05) is 0 Å². The predicted molar refractivity (Wildman–Crippen MR) is 73.3 cm³/mol. The van der Waals surface area contributed by atoms with Crippen LogP contribution in [0, 0.1) is 16.7 Å². The van der Waals surface area contributed by atoms with Crippen LogP contribution in [0.4, 0.5) is 0 Å². The molecule has 1 saturated heterocycles. The maximum Gasteiger partial charge on any atom is 0.231 e. The summed E-state index contributed by atoms with van der Waals surface area (Å²) < 4.78 is 16.8. The highest BCUT2D eigenvalue weighted by molar-refractivity contribution is 9.10. The lowest BCUT2D eigenvalue weighted by atomic mass is 9.76. The zero-order valence-electron chi connectivity index (χ0n) is 10.8. The van der Waals surface area contributed by atoms with Crippen molar-refractivity contribution in [1.29, 1.82) is 5.26 Å². The van der Waals surface area contributed by atoms with Crippen LogP contribution >= 0.6 is 15.9 Å². The van der Waals surface area contributed by atoms with Gasteiger partial charge < -0.3 is 19.3 Å². The number of halogens is 1. The summed E-state index contributed by atoms with van der Waals surface area (Å²) >= 11 is 3.40. The summed E-state index contributed by atoms with van der Waals surface area (Å²) in [6.45, 7) is 1.05. The highest BCUT2D eigenvalue weighted by Crippen LogP contribution is 2.46. The largest absolute Gasteiger partial charge is 0.454 e. The first-order chi connectivity index (χ1) is 9.66. The van der Waals surface area contributed by atoms with E-state index in [0.717, 1.165) is 6.42 Å². The van der Waals surface area contributed by atoms with Crippen molar-refractivity contribution >= 4 is 15.9 Å². The van der Waals surface area contributed by atoms with Crippen molar-refractivity contribution in [2.45, 2.75) is 18.9 Å². The minimum Gasteiger partial charge on any atom is -0.454 e. The maximum atomic E-state index is 10.6. The summed E-state index contributed by atoms with van der Waals surface area (Å²) in [5.41, 5.74) is -0.265. The molecule has 1 fully saturated rings. The fourth-order valence-electron chi connectivity index (χ4n) is 2.65. The van der Waals surface area contributed by atoms with E-state index in [2.05, 4.69) is 22.0 Å². The van der Waals surface area contributed by atoms with Gasteiger partial charge in [0.1, 0.15) is 11.5 Å². The molecule has 0 aromatic heterocycles. The van der Waals surface area contributed by atoms with Crippen LogP contribution in [-0.4, -0.2) is 25.1 Å². The van der Waals surface area contributed by atoms with Crippen molar-refractivity contribution in [2.24, 2.45) is 5.41 Å². The Kier molecular flexibility index (Phi) is 3.59. The molecule has 1 N–H and O–H groups in total. The molecule has 0 spiro atoms. The monoisotopic (exact) mass is 339 g/mol. The molecule has 2 unspecified atom stereocenters. The molecule has 0 amide bonds. The van der Waals surface area contributed by atoms with Crippen molar-refractivity contribution in [3.8, 4) is 17.6 Å². The smallest absolute Gasteiger partial charge is 0.231 e. The van der Waals surface area contributed by atoms with Crippen LogP contribution in [0.15, 0.2) is 16.6 Å². The number of aliphatic hydroxyl groups is 1. The molecule has 0 bridgehead atoms. The number of hydrogen-bond donors (Lipinski definition) is 1. The molecule has 6 heteroatoms. The highest BCUT2D eigenvalue weighted by atomic mass is 79.9. The van der Waals surface area contributed by atoms with Gasteiger partial charge in [-0.3, -0.25) is 0 Å². The van der Waals surface area contributed by atoms with Crippen LogP contribution in [0.1, 0.15) is 24.5 Å². The number of benzene rings is 1. The molecule has 0 radical (unpaired) electrons. The Labute approximate surface area is 125 Å². The molecule has 0 saturated carbocycles. The topological polar surface area (TPSA) is 71.7 Å². The Balaban J connectivity index is 1.96. The molecule has 20 heavy (non-hydrogen) atoms. The number of fused-ring (bicyclic) bond motifs is 1. The minimum atomic E-state index is -0.918. The van der Waals surface area contributed by atoms with Crippen molar-refractivity contribution in [3.05, 3.63) is 22.2 Å². The summed E-state index contributed by atoms with van der Waals surface area (Å²) in [6.07, 6.45) is 0.478. The van der Waals surface area contributed by atoms with Crippen LogP contribution < -0.4 is 9.47 Å². The third-order valence-corrected chi connectivity index (χ3v) is 4.37. The van der Waals surface area contributed by atoms with Crippen LogP contribution in [-0.2, 0) is 4.74 Å². The average Bonchev–Trinajstić information content (AvgIpc) is 2.96. The lowest BCUT2D eigenvalue weighted by molar-refractivity contribution is -0.0506. The lowest BCUT2D eigenvalue weighted by Gasteiger charge is -2.35. The van der Waals surface area contributed by atoms with E-state index >= 15 is 0 Å². The summed E-state index contributed by atoms with van der Waals surface area (Å²) in [5.74, 6) is 1.21. The molecule has 0 aliphatic carbocycles. The molecule has 2 heterocycles. The van der Waals surface area contributed by atoms with E-state index in [1.54, 1.807) is 12.1 Å². The molecule has 2 aliphatic heterocycles. The third-order valence-electron chi connectivity index (χ3n) is 3.78. The molecule has 2 atom stereocenters. The minimum absolute atomic E-state index is 0.167. The second-order valence-electron chi connectivity index (χ2n) is 5.06. The molecule has 1 aromatic carbocycles. The second-order valence-corrected chi connectivity index (χ2v) is 5.92. The number of nitrogens with zero attached hydrogens (tertiary/aromatic N) is 1. The molecule has 1 aromatic rings. The standard InChI is InChI=1S/C14H14BrNO4/c15-10-4-9(5-11-12(10)20-8-19-11)13(17)14(6-16)2-1-3-18-7-14/h4-5,13,17H,1-3,7-8H2. The van der Waals surface area contributed by atoms with Gasteiger partial charge in [0.05, 0.1) is 17.1 Å². The highest BCUT2D eigenvalue weighted by Gasteiger charge is 2.42. The number of nitriles is 1. The molecule has 3 rings (SSSR count). The van der Waals surface area contributed by atoms with Gasteiger partial charge >= 0.3 is 0 Å². The first-order valence-corrected chi connectivity index (χ1v) is 7.22. The maximum absolute atomic E-state index is 10.6. The van der Waals surface area contributed by atoms with E-state index in [-0.39, 0.29) is 13.4 Å². The SMILES string of the molecule is N#CC1(C(O)c2cc(Br)c3c(c2)OCO3)CCCOC1. The lowest BCUT2D eigenvalue weighted by Crippen LogP contribution is -2.36. The van der Waals surface area contributed by atoms with Crippen molar-refractivity contribution < 1.29 is 19.3 Å². The molecule has 2 aliphatic rings. The van der Waals surface area contributed by atoms with E-state index < -0.39 is 11.5 Å². The van der Waals surface area contributed by atoms with Crippen LogP contribution in [0.5, 0.6) is 11.5 Å². The third kappa shape index (κ3) is 2.16. The van der Waals surface area contributed by atoms with Crippen molar-refractivity contribution in [2.75, 3.05) is 20.0 Å². The zero-order chi connectivity index (χ0) is 14.2. The van der Waals surface area contributed by atoms with Gasteiger partial charge in [-0.2, -0.15) is 5.26 Å². The zero-order valence-corrected chi connectivity index (χ0v) is 12.4. The van der Waals surface area contributed by atoms with Crippen molar-refractivity contribution in [3.63, 3.8) is 0 Å². The van der Waals surface area contributed by atoms with Gasteiger partial charge in [0.2, 0.25) is 6.79 Å². The van der Waals surface area contributed by atoms with Gasteiger partial charge in [0, 0.05) is 6.61 Å². The van der Waals surface area contributed by atoms with Gasteiger partial charge in [0.15, 0.2) is 11.5 Å². The quantitative estimate of drug-likeness (QED) is 0.896. The molecule has 106 valence electrons. The number of hydrogen-bond acceptors (Lipinski definition) is 5. The van der Waals surface area contributed by atoms with Crippen molar-refractivity contribution in [1.82, 2.24) is 0 Å². The fourth-order valence-corrected chi connectivity index (χ4v) is 3.22. The molecular formula is C14H14BrNO4. The fraction of sp³-hybridized carbons (Fsp3) is 0.500. The number of rotatable bonds is 2. The van der Waals surface area contributed by atoms with Gasteiger partial charge in [-0.1, -0.05) is 0 Å². The Hall–Kier alpha value is -1.29.